The summed E-state index contributed by atoms with van der Waals surface area (Å²) in [5.74, 6) is -0.461. The van der Waals surface area contributed by atoms with Crippen molar-refractivity contribution in [1.29, 1.82) is 0 Å². The van der Waals surface area contributed by atoms with Crippen LogP contribution in [-0.2, 0) is 11.3 Å². The Bertz CT molecular complexity index is 770. The minimum absolute atomic E-state index is 0.170. The number of pyridine rings is 1. The molecule has 0 atom stereocenters. The van der Waals surface area contributed by atoms with Crippen LogP contribution >= 0.6 is 0 Å². The number of nitrogens with zero attached hydrogens (tertiary/aromatic N) is 2. The van der Waals surface area contributed by atoms with E-state index in [0.717, 1.165) is 11.1 Å². The Kier molecular flexibility index (Phi) is 5.40. The Hall–Kier alpha value is -2.73. The van der Waals surface area contributed by atoms with Gasteiger partial charge in [-0.25, -0.2) is 4.98 Å². The second-order valence-corrected chi connectivity index (χ2v) is 5.92. The molecular formula is C19H21N3O3. The molecule has 25 heavy (non-hydrogen) atoms. The van der Waals surface area contributed by atoms with Gasteiger partial charge < -0.3 is 15.0 Å². The molecule has 1 aliphatic heterocycles. The average Bonchev–Trinajstić information content (AvgIpc) is 2.67. The molecule has 0 bridgehead atoms. The van der Waals surface area contributed by atoms with Gasteiger partial charge in [-0.2, -0.15) is 0 Å². The van der Waals surface area contributed by atoms with Crippen LogP contribution in [0.15, 0.2) is 42.5 Å². The third kappa shape index (κ3) is 4.22. The van der Waals surface area contributed by atoms with Crippen molar-refractivity contribution in [2.24, 2.45) is 0 Å². The van der Waals surface area contributed by atoms with Crippen LogP contribution in [0.25, 0.3) is 0 Å². The molecule has 1 aromatic heterocycles. The Morgan fingerprint density at radius 3 is 2.56 bits per heavy atom. The molecule has 0 saturated carbocycles. The zero-order valence-electron chi connectivity index (χ0n) is 14.2. The smallest absolute Gasteiger partial charge is 0.272 e. The largest absolute Gasteiger partial charge is 0.378 e. The fraction of sp³-hybridized carbons (Fsp3) is 0.316. The number of benzene rings is 1. The van der Waals surface area contributed by atoms with Gasteiger partial charge in [0.15, 0.2) is 0 Å². The van der Waals surface area contributed by atoms with Gasteiger partial charge in [-0.3, -0.25) is 9.59 Å². The van der Waals surface area contributed by atoms with Crippen molar-refractivity contribution >= 4 is 11.8 Å². The van der Waals surface area contributed by atoms with E-state index in [9.17, 15) is 9.59 Å². The first-order valence-corrected chi connectivity index (χ1v) is 8.32. The van der Waals surface area contributed by atoms with Gasteiger partial charge in [0.1, 0.15) is 11.4 Å². The number of morpholine rings is 1. The molecule has 2 amide bonds. The monoisotopic (exact) mass is 339 g/mol. The summed E-state index contributed by atoms with van der Waals surface area (Å²) in [5, 5.41) is 2.86. The van der Waals surface area contributed by atoms with E-state index >= 15 is 0 Å². The normalized spacial score (nSPS) is 14.2. The van der Waals surface area contributed by atoms with E-state index in [2.05, 4.69) is 10.3 Å². The fourth-order valence-corrected chi connectivity index (χ4v) is 2.68. The first-order valence-electron chi connectivity index (χ1n) is 8.32. The maximum absolute atomic E-state index is 12.5. The molecule has 2 aromatic rings. The Labute approximate surface area is 146 Å². The van der Waals surface area contributed by atoms with Crippen molar-refractivity contribution in [3.8, 4) is 0 Å². The number of amides is 2. The molecule has 0 radical (unpaired) electrons. The van der Waals surface area contributed by atoms with Crippen molar-refractivity contribution in [1.82, 2.24) is 15.2 Å². The van der Waals surface area contributed by atoms with Crippen molar-refractivity contribution in [2.75, 3.05) is 26.3 Å². The number of carbonyl (C=O) groups is 2. The van der Waals surface area contributed by atoms with Crippen LogP contribution < -0.4 is 5.32 Å². The number of aromatic nitrogens is 1. The summed E-state index contributed by atoms with van der Waals surface area (Å²) >= 11 is 0. The van der Waals surface area contributed by atoms with Crippen LogP contribution in [0.4, 0.5) is 0 Å². The molecule has 0 aliphatic carbocycles. The third-order valence-corrected chi connectivity index (χ3v) is 4.20. The first kappa shape index (κ1) is 17.1. The zero-order chi connectivity index (χ0) is 17.6. The zero-order valence-corrected chi connectivity index (χ0v) is 14.2. The second-order valence-electron chi connectivity index (χ2n) is 5.92. The average molecular weight is 339 g/mol. The standard InChI is InChI=1S/C19H21N3O3/c1-14-5-2-3-6-15(14)13-20-18(23)16-7-4-8-17(21-16)19(24)22-9-11-25-12-10-22/h2-8H,9-13H2,1H3,(H,20,23). The number of carbonyl (C=O) groups excluding carboxylic acids is 2. The Morgan fingerprint density at radius 2 is 1.80 bits per heavy atom. The van der Waals surface area contributed by atoms with Crippen molar-refractivity contribution < 1.29 is 14.3 Å². The maximum atomic E-state index is 12.5. The number of hydrogen-bond donors (Lipinski definition) is 1. The predicted octanol–water partition coefficient (Wildman–Crippen LogP) is 1.79. The van der Waals surface area contributed by atoms with Gasteiger partial charge in [-0.15, -0.1) is 0 Å². The predicted molar refractivity (Wildman–Crippen MR) is 93.3 cm³/mol. The molecule has 1 aromatic carbocycles. The van der Waals surface area contributed by atoms with Crippen LogP contribution in [0.5, 0.6) is 0 Å². The summed E-state index contributed by atoms with van der Waals surface area (Å²) in [7, 11) is 0. The van der Waals surface area contributed by atoms with Crippen LogP contribution in [0, 0.1) is 6.92 Å². The number of rotatable bonds is 4. The van der Waals surface area contributed by atoms with Gasteiger partial charge in [-0.1, -0.05) is 30.3 Å². The minimum atomic E-state index is -0.292. The highest BCUT2D eigenvalue weighted by molar-refractivity contribution is 5.96. The fourth-order valence-electron chi connectivity index (χ4n) is 2.68. The molecule has 1 fully saturated rings. The number of ether oxygens (including phenoxy) is 1. The minimum Gasteiger partial charge on any atom is -0.378 e. The summed E-state index contributed by atoms with van der Waals surface area (Å²) in [4.78, 5) is 30.8. The molecule has 1 aliphatic rings. The highest BCUT2D eigenvalue weighted by Crippen LogP contribution is 2.09. The van der Waals surface area contributed by atoms with Gasteiger partial charge >= 0.3 is 0 Å². The molecule has 0 unspecified atom stereocenters. The highest BCUT2D eigenvalue weighted by Gasteiger charge is 2.20. The molecule has 3 rings (SSSR count). The Balaban J connectivity index is 1.67. The van der Waals surface area contributed by atoms with E-state index in [-0.39, 0.29) is 23.2 Å². The van der Waals surface area contributed by atoms with Gasteiger partial charge in [0.2, 0.25) is 0 Å². The lowest BCUT2D eigenvalue weighted by atomic mass is 10.1. The van der Waals surface area contributed by atoms with Gasteiger partial charge in [0.05, 0.1) is 13.2 Å². The maximum Gasteiger partial charge on any atom is 0.272 e. The van der Waals surface area contributed by atoms with Gasteiger partial charge in [-0.05, 0) is 30.2 Å². The van der Waals surface area contributed by atoms with Crippen molar-refractivity contribution in [2.45, 2.75) is 13.5 Å². The summed E-state index contributed by atoms with van der Waals surface area (Å²) in [6.45, 7) is 4.58. The lowest BCUT2D eigenvalue weighted by Crippen LogP contribution is -2.41. The van der Waals surface area contributed by atoms with E-state index in [4.69, 9.17) is 4.74 Å². The molecule has 6 heteroatoms. The lowest BCUT2D eigenvalue weighted by molar-refractivity contribution is 0.0299. The SMILES string of the molecule is Cc1ccccc1CNC(=O)c1cccc(C(=O)N2CCOCC2)n1. The van der Waals surface area contributed by atoms with E-state index in [1.807, 2.05) is 31.2 Å². The molecular weight excluding hydrogens is 318 g/mol. The third-order valence-electron chi connectivity index (χ3n) is 4.20. The summed E-state index contributed by atoms with van der Waals surface area (Å²) < 4.78 is 5.25. The highest BCUT2D eigenvalue weighted by atomic mass is 16.5. The number of nitrogens with one attached hydrogen (secondary N) is 1. The molecule has 6 nitrogen and oxygen atoms in total. The van der Waals surface area contributed by atoms with E-state index in [1.54, 1.807) is 23.1 Å². The molecule has 0 spiro atoms. The van der Waals surface area contributed by atoms with Crippen LogP contribution in [0.2, 0.25) is 0 Å². The number of aryl methyl sites for hydroxylation is 1. The summed E-state index contributed by atoms with van der Waals surface area (Å²) in [6.07, 6.45) is 0. The second kappa shape index (κ2) is 7.90. The quantitative estimate of drug-likeness (QED) is 0.922. The molecule has 1 N–H and O–H groups in total. The van der Waals surface area contributed by atoms with Crippen LogP contribution in [-0.4, -0.2) is 48.0 Å². The van der Waals surface area contributed by atoms with E-state index < -0.39 is 0 Å². The van der Waals surface area contributed by atoms with Gasteiger partial charge in [0.25, 0.3) is 11.8 Å². The topological polar surface area (TPSA) is 71.5 Å². The lowest BCUT2D eigenvalue weighted by Gasteiger charge is -2.26. The van der Waals surface area contributed by atoms with E-state index in [0.29, 0.717) is 32.8 Å². The van der Waals surface area contributed by atoms with E-state index in [1.165, 1.54) is 0 Å². The van der Waals surface area contributed by atoms with Crippen LogP contribution in [0.1, 0.15) is 32.1 Å². The number of hydrogen-bond acceptors (Lipinski definition) is 4. The Morgan fingerprint density at radius 1 is 1.08 bits per heavy atom. The molecule has 1 saturated heterocycles. The summed E-state index contributed by atoms with van der Waals surface area (Å²) in [5.41, 5.74) is 2.70. The van der Waals surface area contributed by atoms with Gasteiger partial charge in [0, 0.05) is 19.6 Å². The summed E-state index contributed by atoms with van der Waals surface area (Å²) in [6, 6.07) is 12.8. The molecule has 130 valence electrons. The van der Waals surface area contributed by atoms with Crippen molar-refractivity contribution in [3.63, 3.8) is 0 Å². The van der Waals surface area contributed by atoms with Crippen LogP contribution in [0.3, 0.4) is 0 Å². The van der Waals surface area contributed by atoms with Crippen molar-refractivity contribution in [3.05, 3.63) is 65.0 Å². The molecule has 2 heterocycles. The first-order chi connectivity index (χ1) is 12.1.